The number of nitrogens with two attached hydrogens (primary N) is 1. The minimum Gasteiger partial charge on any atom is -0.406 e. The van der Waals surface area contributed by atoms with Gasteiger partial charge in [-0.05, 0) is 73.2 Å². The number of aliphatic imine (C=N–C) groups is 1. The number of carbonyl (C=O) groups excluding carboxylic acids is 1. The van der Waals surface area contributed by atoms with Crippen molar-refractivity contribution in [2.24, 2.45) is 10.7 Å². The smallest absolute Gasteiger partial charge is 0.406 e. The second-order valence-corrected chi connectivity index (χ2v) is 12.4. The average Bonchev–Trinajstić information content (AvgIpc) is 3.52. The number of thioether (sulfide) groups is 1. The van der Waals surface area contributed by atoms with Gasteiger partial charge in [0.15, 0.2) is 11.0 Å². The van der Waals surface area contributed by atoms with E-state index in [0.29, 0.717) is 40.2 Å². The number of hydrogen-bond donors (Lipinski definition) is 1. The molecule has 13 heteroatoms. The summed E-state index contributed by atoms with van der Waals surface area (Å²) in [6, 6.07) is 21.1. The molecule has 2 heterocycles. The molecule has 2 N–H and O–H groups in total. The fraction of sp³-hybridized carbons (Fsp3) is 0.286. The number of halogens is 3. The number of anilines is 1. The van der Waals surface area contributed by atoms with Crippen molar-refractivity contribution in [2.45, 2.75) is 59.4 Å². The number of allylic oxidation sites excluding steroid dienone is 1. The Balaban J connectivity index is 0.000000224. The first-order valence-corrected chi connectivity index (χ1v) is 16.1. The van der Waals surface area contributed by atoms with Gasteiger partial charge in [0, 0.05) is 36.2 Å². The number of amides is 1. The Labute approximate surface area is 281 Å². The summed E-state index contributed by atoms with van der Waals surface area (Å²) in [4.78, 5) is 22.1. The molecular weight excluding hydrogens is 639 g/mol. The lowest BCUT2D eigenvalue weighted by Gasteiger charge is -2.37. The van der Waals surface area contributed by atoms with Gasteiger partial charge in [-0.2, -0.15) is 10.3 Å². The van der Waals surface area contributed by atoms with Gasteiger partial charge in [0.05, 0.1) is 11.3 Å². The summed E-state index contributed by atoms with van der Waals surface area (Å²) in [7, 11) is 0. The highest BCUT2D eigenvalue weighted by atomic mass is 32.2. The van der Waals surface area contributed by atoms with Gasteiger partial charge in [0.1, 0.15) is 18.1 Å². The van der Waals surface area contributed by atoms with Crippen LogP contribution in [0.25, 0.3) is 22.6 Å². The van der Waals surface area contributed by atoms with Gasteiger partial charge >= 0.3 is 6.36 Å². The predicted molar refractivity (Wildman–Crippen MR) is 184 cm³/mol. The van der Waals surface area contributed by atoms with Crippen molar-refractivity contribution in [1.82, 2.24) is 14.8 Å². The Bertz CT molecular complexity index is 1830. The number of nitrogens with zero attached hydrogens (tertiary/aromatic N) is 6. The third kappa shape index (κ3) is 9.25. The van der Waals surface area contributed by atoms with E-state index < -0.39 is 6.36 Å². The van der Waals surface area contributed by atoms with Crippen molar-refractivity contribution in [3.63, 3.8) is 0 Å². The molecule has 1 saturated heterocycles. The summed E-state index contributed by atoms with van der Waals surface area (Å²) in [5.74, 6) is 1.44. The van der Waals surface area contributed by atoms with E-state index in [0.717, 1.165) is 17.3 Å². The van der Waals surface area contributed by atoms with E-state index in [4.69, 9.17) is 11.0 Å². The van der Waals surface area contributed by atoms with Gasteiger partial charge in [0.25, 0.3) is 0 Å². The Hall–Kier alpha value is -5.09. The number of alkyl halides is 3. The van der Waals surface area contributed by atoms with Crippen LogP contribution in [0.2, 0.25) is 0 Å². The Morgan fingerprint density at radius 1 is 1.15 bits per heavy atom. The van der Waals surface area contributed by atoms with Crippen molar-refractivity contribution < 1.29 is 22.7 Å². The summed E-state index contributed by atoms with van der Waals surface area (Å²) in [6.07, 6.45) is -0.955. The normalized spacial score (nSPS) is 15.9. The summed E-state index contributed by atoms with van der Waals surface area (Å²) in [5, 5.41) is 14.1. The predicted octanol–water partition coefficient (Wildman–Crippen LogP) is 8.01. The average molecular weight is 676 g/mol. The quantitative estimate of drug-likeness (QED) is 0.204. The lowest BCUT2D eigenvalue weighted by Crippen LogP contribution is -2.42. The zero-order chi connectivity index (χ0) is 35.0. The molecule has 1 aromatic heterocycles. The maximum Gasteiger partial charge on any atom is 0.573 e. The Morgan fingerprint density at radius 3 is 2.42 bits per heavy atom. The molecule has 1 aliphatic rings. The van der Waals surface area contributed by atoms with E-state index in [-0.39, 0.29) is 11.7 Å². The molecule has 1 amide bonds. The summed E-state index contributed by atoms with van der Waals surface area (Å²) in [6.45, 7) is 10.2. The highest BCUT2D eigenvalue weighted by Gasteiger charge is 2.31. The van der Waals surface area contributed by atoms with Crippen molar-refractivity contribution in [3.05, 3.63) is 95.9 Å². The fourth-order valence-corrected chi connectivity index (χ4v) is 6.19. The van der Waals surface area contributed by atoms with Crippen LogP contribution in [0.15, 0.2) is 84.2 Å². The maximum absolute atomic E-state index is 12.2. The van der Waals surface area contributed by atoms with Gasteiger partial charge in [-0.3, -0.25) is 4.79 Å². The molecule has 250 valence electrons. The number of nitriles is 1. The van der Waals surface area contributed by atoms with Crippen molar-refractivity contribution in [3.8, 4) is 28.9 Å². The van der Waals surface area contributed by atoms with E-state index in [1.54, 1.807) is 36.0 Å². The first-order chi connectivity index (χ1) is 22.8. The summed E-state index contributed by atoms with van der Waals surface area (Å²) < 4.78 is 41.9. The van der Waals surface area contributed by atoms with Crippen LogP contribution in [-0.2, 0) is 4.79 Å². The Kier molecular flexibility index (Phi) is 11.7. The van der Waals surface area contributed by atoms with Gasteiger partial charge < -0.3 is 15.4 Å². The molecule has 1 atom stereocenters. The van der Waals surface area contributed by atoms with Gasteiger partial charge in [-0.25, -0.2) is 9.67 Å². The Morgan fingerprint density at radius 2 is 1.83 bits per heavy atom. The van der Waals surface area contributed by atoms with E-state index in [2.05, 4.69) is 70.6 Å². The van der Waals surface area contributed by atoms with Crippen LogP contribution in [0.4, 0.5) is 18.9 Å². The van der Waals surface area contributed by atoms with Crippen LogP contribution in [0.3, 0.4) is 0 Å². The van der Waals surface area contributed by atoms with Crippen LogP contribution in [0, 0.1) is 18.3 Å². The van der Waals surface area contributed by atoms with Crippen LogP contribution in [-0.4, -0.2) is 44.0 Å². The minimum absolute atomic E-state index is 0.129. The minimum atomic E-state index is -4.74. The molecule has 1 unspecified atom stereocenters. The number of aryl methyl sites for hydroxylation is 1. The molecule has 1 aliphatic heterocycles. The molecular formula is C35H36F3N7O2S. The van der Waals surface area contributed by atoms with Crippen molar-refractivity contribution in [1.29, 1.82) is 5.26 Å². The summed E-state index contributed by atoms with van der Waals surface area (Å²) in [5.41, 5.74) is 11.4. The number of hydrogen-bond acceptors (Lipinski definition) is 7. The maximum atomic E-state index is 12.2. The largest absolute Gasteiger partial charge is 0.573 e. The van der Waals surface area contributed by atoms with E-state index in [1.165, 1.54) is 65.2 Å². The number of amidine groups is 1. The molecule has 9 nitrogen and oxygen atoms in total. The second-order valence-electron chi connectivity index (χ2n) is 11.3. The molecule has 3 aromatic carbocycles. The zero-order valence-corrected chi connectivity index (χ0v) is 28.0. The summed E-state index contributed by atoms with van der Waals surface area (Å²) >= 11 is 1.68. The first kappa shape index (κ1) is 35.8. The van der Waals surface area contributed by atoms with E-state index in [1.807, 2.05) is 6.07 Å². The standard InChI is InChI=1S/C18H12F3N5O.C17H24N2OS/c19-18(20,21)27-16-7-5-15(6-8-16)26-11-24-17(25-26)13-3-1-12(2-4-13)14(9-22)10-23;1-11(2)15-7-6-12(3)10-16(15)19-13(4)8-9-21-17(19)18-14(5)20/h1-9,11H,22H2;6-7,10-11,13H,8-9H2,1-5H3/b14-9+;. The number of ether oxygens (including phenoxy) is 1. The second kappa shape index (κ2) is 15.7. The molecule has 0 radical (unpaired) electrons. The van der Waals surface area contributed by atoms with Crippen LogP contribution in [0.1, 0.15) is 56.7 Å². The fourth-order valence-electron chi connectivity index (χ4n) is 4.94. The molecule has 0 aliphatic carbocycles. The van der Waals surface area contributed by atoms with Gasteiger partial charge in [0.2, 0.25) is 5.91 Å². The molecule has 0 spiro atoms. The van der Waals surface area contributed by atoms with E-state index in [9.17, 15) is 18.0 Å². The number of carbonyl (C=O) groups is 1. The van der Waals surface area contributed by atoms with Gasteiger partial charge in [-0.1, -0.05) is 62.0 Å². The zero-order valence-electron chi connectivity index (χ0n) is 27.2. The van der Waals surface area contributed by atoms with Crippen LogP contribution in [0.5, 0.6) is 5.75 Å². The van der Waals surface area contributed by atoms with E-state index >= 15 is 0 Å². The molecule has 0 bridgehead atoms. The SMILES string of the molecule is CC(=O)N=C1SCCC(C)N1c1cc(C)ccc1C(C)C.N#C/C(=C\N)c1ccc(-c2ncn(-c3ccc(OC(F)(F)F)cc3)n2)cc1. The number of rotatable bonds is 6. The molecule has 4 aromatic rings. The first-order valence-electron chi connectivity index (χ1n) is 15.1. The lowest BCUT2D eigenvalue weighted by molar-refractivity contribution is -0.274. The number of benzene rings is 3. The topological polar surface area (TPSA) is 122 Å². The third-order valence-electron chi connectivity index (χ3n) is 7.30. The molecule has 1 fully saturated rings. The van der Waals surface area contributed by atoms with Crippen LogP contribution < -0.4 is 15.4 Å². The highest BCUT2D eigenvalue weighted by Crippen LogP contribution is 2.35. The van der Waals surface area contributed by atoms with Crippen molar-refractivity contribution in [2.75, 3.05) is 10.7 Å². The molecule has 48 heavy (non-hydrogen) atoms. The van der Waals surface area contributed by atoms with Crippen molar-refractivity contribution >= 4 is 34.1 Å². The lowest BCUT2D eigenvalue weighted by atomic mass is 9.98. The highest BCUT2D eigenvalue weighted by molar-refractivity contribution is 8.14. The number of aromatic nitrogens is 3. The monoisotopic (exact) mass is 675 g/mol. The third-order valence-corrected chi connectivity index (χ3v) is 8.29. The molecule has 5 rings (SSSR count). The molecule has 0 saturated carbocycles. The van der Waals surface area contributed by atoms with Gasteiger partial charge in [-0.15, -0.1) is 18.3 Å². The van der Waals surface area contributed by atoms with Crippen LogP contribution >= 0.6 is 11.8 Å².